The van der Waals surface area contributed by atoms with Crippen LogP contribution >= 0.6 is 0 Å². The van der Waals surface area contributed by atoms with Crippen molar-refractivity contribution < 1.29 is 4.74 Å². The molecule has 0 aliphatic rings. The summed E-state index contributed by atoms with van der Waals surface area (Å²) >= 11 is 0. The molecule has 0 saturated carbocycles. The predicted molar refractivity (Wildman–Crippen MR) is 66.3 cm³/mol. The van der Waals surface area contributed by atoms with Gasteiger partial charge < -0.3 is 15.0 Å². The van der Waals surface area contributed by atoms with Crippen LogP contribution in [0.4, 0.5) is 0 Å². The molecule has 0 saturated heterocycles. The molecule has 0 fully saturated rings. The van der Waals surface area contributed by atoms with Crippen molar-refractivity contribution in [2.45, 2.75) is 45.8 Å². The van der Waals surface area contributed by atoms with E-state index < -0.39 is 0 Å². The van der Waals surface area contributed by atoms with Gasteiger partial charge in [0, 0.05) is 12.6 Å². The number of nitrogens with one attached hydrogen (secondary N) is 1. The number of hydrogen-bond donors (Lipinski definition) is 1. The summed E-state index contributed by atoms with van der Waals surface area (Å²) in [6.45, 7) is 9.46. The highest BCUT2D eigenvalue weighted by atomic mass is 16.5. The highest BCUT2D eigenvalue weighted by molar-refractivity contribution is 4.56. The maximum absolute atomic E-state index is 5.69. The minimum absolute atomic E-state index is 0.388. The van der Waals surface area contributed by atoms with E-state index in [0.29, 0.717) is 12.1 Å². The quantitative estimate of drug-likeness (QED) is 0.594. The first-order chi connectivity index (χ1) is 7.02. The van der Waals surface area contributed by atoms with Crippen LogP contribution in [0, 0.1) is 0 Å². The third-order valence-corrected chi connectivity index (χ3v) is 2.28. The first kappa shape index (κ1) is 14.9. The van der Waals surface area contributed by atoms with Gasteiger partial charge in [-0.2, -0.15) is 0 Å². The van der Waals surface area contributed by atoms with Crippen molar-refractivity contribution in [3.05, 3.63) is 0 Å². The van der Waals surface area contributed by atoms with E-state index in [0.717, 1.165) is 26.1 Å². The molecule has 0 aromatic heterocycles. The summed E-state index contributed by atoms with van der Waals surface area (Å²) in [6.07, 6.45) is 2.73. The van der Waals surface area contributed by atoms with Crippen molar-refractivity contribution in [3.63, 3.8) is 0 Å². The van der Waals surface area contributed by atoms with Gasteiger partial charge in [0.15, 0.2) is 0 Å². The standard InChI is InChI=1S/C12H28N2O/c1-11(2)13-8-6-7-12(3)15-10-9-14(4)5/h11-13H,6-10H2,1-5H3. The molecule has 0 radical (unpaired) electrons. The molecule has 1 N–H and O–H groups in total. The molecular weight excluding hydrogens is 188 g/mol. The highest BCUT2D eigenvalue weighted by Gasteiger charge is 2.02. The Morgan fingerprint density at radius 1 is 1.20 bits per heavy atom. The number of nitrogens with zero attached hydrogens (tertiary/aromatic N) is 1. The molecule has 0 rings (SSSR count). The molecule has 0 heterocycles. The summed E-state index contributed by atoms with van der Waals surface area (Å²) in [5, 5.41) is 3.41. The number of hydrogen-bond acceptors (Lipinski definition) is 3. The second kappa shape index (κ2) is 9.13. The van der Waals surface area contributed by atoms with Gasteiger partial charge in [0.2, 0.25) is 0 Å². The Bertz CT molecular complexity index is 138. The molecule has 0 aromatic rings. The SMILES string of the molecule is CC(C)NCCCC(C)OCCN(C)C. The molecule has 3 nitrogen and oxygen atoms in total. The summed E-state index contributed by atoms with van der Waals surface area (Å²) in [6, 6.07) is 0.593. The average Bonchev–Trinajstić information content (AvgIpc) is 2.11. The van der Waals surface area contributed by atoms with Crippen LogP contribution in [0.2, 0.25) is 0 Å². The summed E-state index contributed by atoms with van der Waals surface area (Å²) in [7, 11) is 4.14. The van der Waals surface area contributed by atoms with Gasteiger partial charge in [0.1, 0.15) is 0 Å². The summed E-state index contributed by atoms with van der Waals surface area (Å²) in [5.41, 5.74) is 0. The lowest BCUT2D eigenvalue weighted by molar-refractivity contribution is 0.0496. The Morgan fingerprint density at radius 2 is 1.87 bits per heavy atom. The molecule has 0 aromatic carbocycles. The van der Waals surface area contributed by atoms with Gasteiger partial charge in [-0.3, -0.25) is 0 Å². The zero-order valence-corrected chi connectivity index (χ0v) is 11.0. The Kier molecular flexibility index (Phi) is 9.06. The third-order valence-electron chi connectivity index (χ3n) is 2.28. The fraction of sp³-hybridized carbons (Fsp3) is 1.00. The van der Waals surface area contributed by atoms with Gasteiger partial charge in [-0.25, -0.2) is 0 Å². The first-order valence-corrected chi connectivity index (χ1v) is 6.02. The maximum Gasteiger partial charge on any atom is 0.0596 e. The number of likely N-dealkylation sites (N-methyl/N-ethyl adjacent to an activating group) is 1. The smallest absolute Gasteiger partial charge is 0.0596 e. The van der Waals surface area contributed by atoms with E-state index in [-0.39, 0.29) is 0 Å². The van der Waals surface area contributed by atoms with Crippen molar-refractivity contribution in [1.29, 1.82) is 0 Å². The molecule has 0 amide bonds. The molecule has 3 heteroatoms. The van der Waals surface area contributed by atoms with Gasteiger partial charge >= 0.3 is 0 Å². The Labute approximate surface area is 95.2 Å². The molecule has 1 atom stereocenters. The zero-order chi connectivity index (χ0) is 11.7. The highest BCUT2D eigenvalue weighted by Crippen LogP contribution is 2.00. The van der Waals surface area contributed by atoms with E-state index in [9.17, 15) is 0 Å². The number of rotatable bonds is 9. The lowest BCUT2D eigenvalue weighted by Crippen LogP contribution is -2.25. The van der Waals surface area contributed by atoms with Crippen LogP contribution in [0.3, 0.4) is 0 Å². The van der Waals surface area contributed by atoms with E-state index in [1.54, 1.807) is 0 Å². The predicted octanol–water partition coefficient (Wildman–Crippen LogP) is 1.73. The summed E-state index contributed by atoms with van der Waals surface area (Å²) in [5.74, 6) is 0. The third kappa shape index (κ3) is 11.8. The van der Waals surface area contributed by atoms with Crippen LogP contribution in [0.5, 0.6) is 0 Å². The molecule has 0 bridgehead atoms. The summed E-state index contributed by atoms with van der Waals surface area (Å²) in [4.78, 5) is 2.15. The fourth-order valence-electron chi connectivity index (χ4n) is 1.30. The molecular formula is C12H28N2O. The summed E-state index contributed by atoms with van der Waals surface area (Å²) < 4.78 is 5.69. The van der Waals surface area contributed by atoms with Crippen molar-refractivity contribution in [2.24, 2.45) is 0 Å². The zero-order valence-electron chi connectivity index (χ0n) is 11.0. The van der Waals surface area contributed by atoms with Gasteiger partial charge in [-0.15, -0.1) is 0 Å². The minimum Gasteiger partial charge on any atom is -0.377 e. The van der Waals surface area contributed by atoms with Crippen LogP contribution < -0.4 is 5.32 Å². The Morgan fingerprint density at radius 3 is 2.40 bits per heavy atom. The van der Waals surface area contributed by atoms with Crippen molar-refractivity contribution in [3.8, 4) is 0 Å². The van der Waals surface area contributed by atoms with Gasteiger partial charge in [-0.1, -0.05) is 13.8 Å². The van der Waals surface area contributed by atoms with Crippen LogP contribution in [0.25, 0.3) is 0 Å². The lowest BCUT2D eigenvalue weighted by atomic mass is 10.2. The van der Waals surface area contributed by atoms with E-state index >= 15 is 0 Å². The van der Waals surface area contributed by atoms with E-state index in [2.05, 4.69) is 45.1 Å². The Hall–Kier alpha value is -0.120. The van der Waals surface area contributed by atoms with E-state index in [1.807, 2.05) is 0 Å². The van der Waals surface area contributed by atoms with Crippen LogP contribution in [-0.2, 0) is 4.74 Å². The Balaban J connectivity index is 3.22. The molecule has 0 spiro atoms. The normalized spacial score (nSPS) is 13.8. The monoisotopic (exact) mass is 216 g/mol. The second-order valence-electron chi connectivity index (χ2n) is 4.74. The van der Waals surface area contributed by atoms with Crippen LogP contribution in [0.1, 0.15) is 33.6 Å². The van der Waals surface area contributed by atoms with Gasteiger partial charge in [-0.05, 0) is 40.4 Å². The van der Waals surface area contributed by atoms with E-state index in [4.69, 9.17) is 4.74 Å². The number of ether oxygens (including phenoxy) is 1. The van der Waals surface area contributed by atoms with Crippen molar-refractivity contribution in [1.82, 2.24) is 10.2 Å². The molecule has 92 valence electrons. The minimum atomic E-state index is 0.388. The largest absolute Gasteiger partial charge is 0.377 e. The average molecular weight is 216 g/mol. The molecule has 0 aliphatic heterocycles. The fourth-order valence-corrected chi connectivity index (χ4v) is 1.30. The van der Waals surface area contributed by atoms with Gasteiger partial charge in [0.25, 0.3) is 0 Å². The van der Waals surface area contributed by atoms with Gasteiger partial charge in [0.05, 0.1) is 12.7 Å². The lowest BCUT2D eigenvalue weighted by Gasteiger charge is -2.16. The van der Waals surface area contributed by atoms with Crippen molar-refractivity contribution >= 4 is 0 Å². The second-order valence-corrected chi connectivity index (χ2v) is 4.74. The molecule has 15 heavy (non-hydrogen) atoms. The van der Waals surface area contributed by atoms with Crippen molar-refractivity contribution in [2.75, 3.05) is 33.8 Å². The van der Waals surface area contributed by atoms with Crippen LogP contribution in [-0.4, -0.2) is 50.8 Å². The topological polar surface area (TPSA) is 24.5 Å². The van der Waals surface area contributed by atoms with E-state index in [1.165, 1.54) is 6.42 Å². The molecule has 1 unspecified atom stereocenters. The first-order valence-electron chi connectivity index (χ1n) is 6.02. The van der Waals surface area contributed by atoms with Crippen LogP contribution in [0.15, 0.2) is 0 Å². The maximum atomic E-state index is 5.69. The molecule has 0 aliphatic carbocycles.